The quantitative estimate of drug-likeness (QED) is 0.234. The van der Waals surface area contributed by atoms with E-state index < -0.39 is 36.0 Å². The summed E-state index contributed by atoms with van der Waals surface area (Å²) in [5.74, 6) is -1.17. The van der Waals surface area contributed by atoms with Crippen LogP contribution in [0.15, 0.2) is 0 Å². The van der Waals surface area contributed by atoms with E-state index in [-0.39, 0.29) is 17.4 Å². The SMILES string of the molecule is CSCCC(N)C(=O)[O-].CSCCC(N)C(=O)[O-].CSCCC(N)C(=O)[O-].[Al+3]. The molecule has 0 aliphatic rings. The van der Waals surface area contributed by atoms with E-state index in [0.717, 1.165) is 17.3 Å². The number of thioether (sulfide) groups is 3. The molecule has 0 heterocycles. The second-order valence-electron chi connectivity index (χ2n) is 5.12. The van der Waals surface area contributed by atoms with Crippen molar-refractivity contribution in [1.82, 2.24) is 0 Å². The van der Waals surface area contributed by atoms with Gasteiger partial charge in [-0.05, 0) is 55.3 Å². The van der Waals surface area contributed by atoms with Gasteiger partial charge in [0.05, 0.1) is 17.9 Å². The van der Waals surface area contributed by atoms with Gasteiger partial charge in [0.1, 0.15) is 0 Å². The van der Waals surface area contributed by atoms with Crippen molar-refractivity contribution in [2.45, 2.75) is 37.4 Å². The summed E-state index contributed by atoms with van der Waals surface area (Å²) in [5, 5.41) is 29.9. The van der Waals surface area contributed by atoms with Crippen LogP contribution in [0.1, 0.15) is 19.3 Å². The van der Waals surface area contributed by atoms with Gasteiger partial charge < -0.3 is 46.9 Å². The first-order chi connectivity index (χ1) is 12.5. The van der Waals surface area contributed by atoms with Gasteiger partial charge >= 0.3 is 17.4 Å². The van der Waals surface area contributed by atoms with E-state index in [2.05, 4.69) is 0 Å². The molecule has 0 aromatic heterocycles. The van der Waals surface area contributed by atoms with Crippen LogP contribution in [-0.2, 0) is 14.4 Å². The third-order valence-electron chi connectivity index (χ3n) is 2.81. The van der Waals surface area contributed by atoms with Gasteiger partial charge in [-0.15, -0.1) is 0 Å². The number of aliphatic carboxylic acids is 3. The molecule has 0 saturated heterocycles. The number of carboxylic acid groups (broad SMARTS) is 3. The fourth-order valence-electron chi connectivity index (χ4n) is 1.09. The predicted molar refractivity (Wildman–Crippen MR) is 114 cm³/mol. The van der Waals surface area contributed by atoms with Crippen LogP contribution >= 0.6 is 35.3 Å². The minimum Gasteiger partial charge on any atom is -0.548 e. The van der Waals surface area contributed by atoms with E-state index in [9.17, 15) is 29.7 Å². The molecule has 13 heteroatoms. The summed E-state index contributed by atoms with van der Waals surface area (Å²) in [5.41, 5.74) is 15.4. The summed E-state index contributed by atoms with van der Waals surface area (Å²) in [6.45, 7) is 0. The summed E-state index contributed by atoms with van der Waals surface area (Å²) in [4.78, 5) is 29.9. The Balaban J connectivity index is -0.000000152. The molecule has 0 aromatic rings. The van der Waals surface area contributed by atoms with Crippen molar-refractivity contribution in [3.8, 4) is 0 Å². The Morgan fingerprint density at radius 3 is 0.929 bits per heavy atom. The van der Waals surface area contributed by atoms with Gasteiger partial charge in [-0.2, -0.15) is 35.3 Å². The molecular weight excluding hydrogens is 441 g/mol. The van der Waals surface area contributed by atoms with E-state index in [1.165, 1.54) is 0 Å². The van der Waals surface area contributed by atoms with Crippen LogP contribution in [0.5, 0.6) is 0 Å². The van der Waals surface area contributed by atoms with Crippen molar-refractivity contribution in [3.63, 3.8) is 0 Å². The Morgan fingerprint density at radius 1 is 0.643 bits per heavy atom. The topological polar surface area (TPSA) is 198 Å². The third-order valence-corrected chi connectivity index (χ3v) is 4.74. The number of carbonyl (C=O) groups is 3. The van der Waals surface area contributed by atoms with Crippen LogP contribution in [0.3, 0.4) is 0 Å². The molecule has 0 aromatic carbocycles. The van der Waals surface area contributed by atoms with Crippen LogP contribution in [-0.4, -0.2) is 89.4 Å². The maximum atomic E-state index is 9.96. The Kier molecular flexibility index (Phi) is 31.4. The zero-order valence-corrected chi connectivity index (χ0v) is 20.1. The molecule has 0 aliphatic carbocycles. The van der Waals surface area contributed by atoms with Gasteiger partial charge in [-0.25, -0.2) is 0 Å². The first-order valence-corrected chi connectivity index (χ1v) is 12.1. The van der Waals surface area contributed by atoms with Gasteiger partial charge in [-0.3, -0.25) is 0 Å². The van der Waals surface area contributed by atoms with Gasteiger partial charge in [0.25, 0.3) is 0 Å². The first kappa shape index (κ1) is 35.3. The number of hydrogen-bond donors (Lipinski definition) is 3. The number of carboxylic acids is 3. The number of hydrogen-bond acceptors (Lipinski definition) is 12. The molecule has 0 spiro atoms. The molecule has 0 fully saturated rings. The van der Waals surface area contributed by atoms with Gasteiger partial charge in [0.2, 0.25) is 0 Å². The molecule has 162 valence electrons. The van der Waals surface area contributed by atoms with E-state index in [4.69, 9.17) is 17.2 Å². The van der Waals surface area contributed by atoms with Gasteiger partial charge in [-0.1, -0.05) is 0 Å². The monoisotopic (exact) mass is 471 g/mol. The maximum absolute atomic E-state index is 9.96. The molecule has 0 rings (SSSR count). The van der Waals surface area contributed by atoms with E-state index >= 15 is 0 Å². The second kappa shape index (κ2) is 24.9. The minimum atomic E-state index is -1.16. The van der Waals surface area contributed by atoms with Crippen molar-refractivity contribution in [2.24, 2.45) is 17.2 Å². The first-order valence-electron chi connectivity index (χ1n) is 7.91. The molecule has 0 amide bonds. The smallest absolute Gasteiger partial charge is 0.548 e. The van der Waals surface area contributed by atoms with Crippen LogP contribution < -0.4 is 32.5 Å². The Bertz CT molecular complexity index is 354. The fraction of sp³-hybridized carbons (Fsp3) is 0.800. The zero-order valence-electron chi connectivity index (χ0n) is 16.5. The molecule has 0 bridgehead atoms. The fourth-order valence-corrected chi connectivity index (χ4v) is 2.56. The van der Waals surface area contributed by atoms with Crippen molar-refractivity contribution in [3.05, 3.63) is 0 Å². The second-order valence-corrected chi connectivity index (χ2v) is 8.08. The minimum absolute atomic E-state index is 0. The van der Waals surface area contributed by atoms with Crippen molar-refractivity contribution in [1.29, 1.82) is 0 Å². The van der Waals surface area contributed by atoms with Gasteiger partial charge in [0.15, 0.2) is 0 Å². The average molecular weight is 472 g/mol. The van der Waals surface area contributed by atoms with Crippen molar-refractivity contribution >= 4 is 70.6 Å². The molecule has 9 nitrogen and oxygen atoms in total. The van der Waals surface area contributed by atoms with Crippen LogP contribution in [0.4, 0.5) is 0 Å². The standard InChI is InChI=1S/3C5H11NO2S.Al/c3*1-9-3-2-4(6)5(7)8;/h3*4H,2-3,6H2,1H3,(H,7,8);/q;;;+3/p-3. The Hall–Kier alpha value is -0.128. The molecule has 3 unspecified atom stereocenters. The molecule has 0 aliphatic heterocycles. The molecule has 28 heavy (non-hydrogen) atoms. The Morgan fingerprint density at radius 2 is 0.821 bits per heavy atom. The summed E-state index contributed by atoms with van der Waals surface area (Å²) in [7, 11) is 0. The van der Waals surface area contributed by atoms with Crippen LogP contribution in [0.25, 0.3) is 0 Å². The summed E-state index contributed by atoms with van der Waals surface area (Å²) in [6, 6.07) is -2.38. The summed E-state index contributed by atoms with van der Waals surface area (Å²) < 4.78 is 0. The van der Waals surface area contributed by atoms with Crippen LogP contribution in [0.2, 0.25) is 0 Å². The normalized spacial score (nSPS) is 12.6. The number of nitrogens with two attached hydrogens (primary N) is 3. The predicted octanol–water partition coefficient (Wildman–Crippen LogP) is -3.93. The average Bonchev–Trinajstić information content (AvgIpc) is 2.62. The van der Waals surface area contributed by atoms with E-state index in [0.29, 0.717) is 19.3 Å². The molecule has 3 atom stereocenters. The van der Waals surface area contributed by atoms with Crippen LogP contribution in [0, 0.1) is 0 Å². The van der Waals surface area contributed by atoms with E-state index in [1.807, 2.05) is 18.8 Å². The largest absolute Gasteiger partial charge is 3.00 e. The third kappa shape index (κ3) is 28.1. The van der Waals surface area contributed by atoms with Crippen molar-refractivity contribution < 1.29 is 29.7 Å². The zero-order chi connectivity index (χ0) is 21.8. The molecule has 0 saturated carbocycles. The molecule has 0 radical (unpaired) electrons. The summed E-state index contributed by atoms with van der Waals surface area (Å²) in [6.07, 6.45) is 7.18. The van der Waals surface area contributed by atoms with Crippen molar-refractivity contribution in [2.75, 3.05) is 36.0 Å². The maximum Gasteiger partial charge on any atom is 3.00 e. The van der Waals surface area contributed by atoms with Gasteiger partial charge in [0, 0.05) is 18.1 Å². The van der Waals surface area contributed by atoms with E-state index in [1.54, 1.807) is 35.3 Å². The summed E-state index contributed by atoms with van der Waals surface area (Å²) >= 11 is 4.73. The number of rotatable bonds is 12. The number of carbonyl (C=O) groups excluding carboxylic acids is 3. The molecular formula is C15H30AlN3O6S3. The Labute approximate surface area is 190 Å². The molecule has 6 N–H and O–H groups in total.